The summed E-state index contributed by atoms with van der Waals surface area (Å²) in [7, 11) is 4.17. The van der Waals surface area contributed by atoms with E-state index in [1.165, 1.54) is 11.1 Å². The quantitative estimate of drug-likeness (QED) is 0.725. The predicted molar refractivity (Wildman–Crippen MR) is 88.4 cm³/mol. The topological polar surface area (TPSA) is 34.0 Å². The third kappa shape index (κ3) is 3.40. The van der Waals surface area contributed by atoms with Crippen molar-refractivity contribution in [1.82, 2.24) is 19.4 Å². The fourth-order valence-corrected chi connectivity index (χ4v) is 2.51. The zero-order chi connectivity index (χ0) is 15.4. The Morgan fingerprint density at radius 1 is 0.909 bits per heavy atom. The first-order valence-electron chi connectivity index (χ1n) is 7.36. The van der Waals surface area contributed by atoms with E-state index in [4.69, 9.17) is 0 Å². The Morgan fingerprint density at radius 2 is 1.59 bits per heavy atom. The van der Waals surface area contributed by atoms with Crippen LogP contribution in [0.5, 0.6) is 0 Å². The lowest BCUT2D eigenvalue weighted by Gasteiger charge is -2.11. The molecular weight excluding hydrogens is 272 g/mol. The summed E-state index contributed by atoms with van der Waals surface area (Å²) in [6.45, 7) is 1.79. The minimum Gasteiger partial charge on any atom is -0.327 e. The van der Waals surface area contributed by atoms with Gasteiger partial charge in [-0.25, -0.2) is 4.98 Å². The van der Waals surface area contributed by atoms with E-state index in [2.05, 4.69) is 57.8 Å². The average molecular weight is 292 g/mol. The van der Waals surface area contributed by atoms with Gasteiger partial charge in [0.1, 0.15) is 5.82 Å². The maximum absolute atomic E-state index is 4.47. The Morgan fingerprint density at radius 3 is 2.27 bits per heavy atom. The molecule has 0 N–H and O–H groups in total. The van der Waals surface area contributed by atoms with Crippen molar-refractivity contribution in [2.75, 3.05) is 14.1 Å². The van der Waals surface area contributed by atoms with Crippen molar-refractivity contribution < 1.29 is 0 Å². The van der Waals surface area contributed by atoms with Gasteiger partial charge in [-0.1, -0.05) is 24.3 Å². The summed E-state index contributed by atoms with van der Waals surface area (Å²) in [4.78, 5) is 10.7. The van der Waals surface area contributed by atoms with Crippen LogP contribution in [0.2, 0.25) is 0 Å². The first kappa shape index (κ1) is 14.5. The molecule has 0 aliphatic rings. The number of pyridine rings is 1. The minimum absolute atomic E-state index is 0.819. The highest BCUT2D eigenvalue weighted by atomic mass is 15.1. The second-order valence-corrected chi connectivity index (χ2v) is 5.67. The summed E-state index contributed by atoms with van der Waals surface area (Å²) in [5, 5.41) is 0. The maximum atomic E-state index is 4.47. The molecule has 0 saturated carbocycles. The van der Waals surface area contributed by atoms with Crippen molar-refractivity contribution in [1.29, 1.82) is 0 Å². The molecule has 0 fully saturated rings. The Bertz CT molecular complexity index is 714. The molecule has 3 aromatic rings. The van der Waals surface area contributed by atoms with Crippen LogP contribution in [0.15, 0.2) is 61.2 Å². The van der Waals surface area contributed by atoms with Gasteiger partial charge in [0, 0.05) is 43.4 Å². The summed E-state index contributed by atoms with van der Waals surface area (Å²) in [5.41, 5.74) is 3.69. The lowest BCUT2D eigenvalue weighted by atomic mass is 10.1. The molecule has 0 bridgehead atoms. The number of nitrogens with zero attached hydrogens (tertiary/aromatic N) is 4. The van der Waals surface area contributed by atoms with Gasteiger partial charge in [-0.2, -0.15) is 0 Å². The lowest BCUT2D eigenvalue weighted by molar-refractivity contribution is 0.402. The largest absolute Gasteiger partial charge is 0.327 e. The average Bonchev–Trinajstić information content (AvgIpc) is 2.98. The zero-order valence-corrected chi connectivity index (χ0v) is 13.0. The van der Waals surface area contributed by atoms with Crippen LogP contribution in [-0.4, -0.2) is 33.5 Å². The van der Waals surface area contributed by atoms with Crippen molar-refractivity contribution in [2.24, 2.45) is 0 Å². The van der Waals surface area contributed by atoms with Gasteiger partial charge >= 0.3 is 0 Å². The van der Waals surface area contributed by atoms with Gasteiger partial charge in [0.05, 0.1) is 0 Å². The standard InChI is InChI=1S/C18H20N4/c1-21(2)13-15-3-5-16(6-4-15)14-22-12-11-20-18(22)17-7-9-19-10-8-17/h3-12H,13-14H2,1-2H3. The molecule has 22 heavy (non-hydrogen) atoms. The Balaban J connectivity index is 1.78. The number of hydrogen-bond acceptors (Lipinski definition) is 3. The van der Waals surface area contributed by atoms with Crippen LogP contribution in [-0.2, 0) is 13.1 Å². The van der Waals surface area contributed by atoms with Gasteiger partial charge in [-0.05, 0) is 37.4 Å². The van der Waals surface area contributed by atoms with Gasteiger partial charge in [0.2, 0.25) is 0 Å². The van der Waals surface area contributed by atoms with Crippen molar-refractivity contribution in [2.45, 2.75) is 13.1 Å². The maximum Gasteiger partial charge on any atom is 0.140 e. The molecule has 1 aromatic carbocycles. The van der Waals surface area contributed by atoms with Crippen LogP contribution in [0.4, 0.5) is 0 Å². The molecule has 0 unspecified atom stereocenters. The Labute approximate surface area is 131 Å². The smallest absolute Gasteiger partial charge is 0.140 e. The van der Waals surface area contributed by atoms with Crippen LogP contribution < -0.4 is 0 Å². The molecule has 3 rings (SSSR count). The van der Waals surface area contributed by atoms with Gasteiger partial charge in [-0.3, -0.25) is 4.98 Å². The van der Waals surface area contributed by atoms with Gasteiger partial charge in [0.15, 0.2) is 0 Å². The normalized spacial score (nSPS) is 11.0. The van der Waals surface area contributed by atoms with Gasteiger partial charge < -0.3 is 9.47 Å². The summed E-state index contributed by atoms with van der Waals surface area (Å²) in [6, 6.07) is 12.7. The van der Waals surface area contributed by atoms with Crippen LogP contribution in [0.25, 0.3) is 11.4 Å². The molecule has 0 amide bonds. The molecule has 0 radical (unpaired) electrons. The molecule has 112 valence electrons. The highest BCUT2D eigenvalue weighted by molar-refractivity contribution is 5.54. The molecule has 0 atom stereocenters. The lowest BCUT2D eigenvalue weighted by Crippen LogP contribution is -2.10. The van der Waals surface area contributed by atoms with E-state index in [9.17, 15) is 0 Å². The summed E-state index contributed by atoms with van der Waals surface area (Å²) in [5.74, 6) is 0.972. The third-order valence-electron chi connectivity index (χ3n) is 3.53. The molecule has 0 aliphatic heterocycles. The summed E-state index contributed by atoms with van der Waals surface area (Å²) in [6.07, 6.45) is 7.45. The van der Waals surface area contributed by atoms with Crippen molar-refractivity contribution in [3.8, 4) is 11.4 Å². The fraction of sp³-hybridized carbons (Fsp3) is 0.222. The predicted octanol–water partition coefficient (Wildman–Crippen LogP) is 3.06. The van der Waals surface area contributed by atoms with E-state index in [-0.39, 0.29) is 0 Å². The van der Waals surface area contributed by atoms with E-state index in [1.807, 2.05) is 24.5 Å². The SMILES string of the molecule is CN(C)Cc1ccc(Cn2ccnc2-c2ccncc2)cc1. The minimum atomic E-state index is 0.819. The molecule has 2 aromatic heterocycles. The number of benzene rings is 1. The van der Waals surface area contributed by atoms with Crippen molar-refractivity contribution in [3.63, 3.8) is 0 Å². The van der Waals surface area contributed by atoms with Crippen LogP contribution in [0, 0.1) is 0 Å². The van der Waals surface area contributed by atoms with Crippen molar-refractivity contribution in [3.05, 3.63) is 72.3 Å². The summed E-state index contributed by atoms with van der Waals surface area (Å²) >= 11 is 0. The number of imidazole rings is 1. The highest BCUT2D eigenvalue weighted by Gasteiger charge is 2.06. The first-order chi connectivity index (χ1) is 10.7. The molecular formula is C18H20N4. The molecule has 2 heterocycles. The molecule has 4 heteroatoms. The molecule has 0 aliphatic carbocycles. The van der Waals surface area contributed by atoms with Gasteiger partial charge in [0.25, 0.3) is 0 Å². The Kier molecular flexibility index (Phi) is 4.30. The first-order valence-corrected chi connectivity index (χ1v) is 7.36. The van der Waals surface area contributed by atoms with E-state index in [1.54, 1.807) is 12.4 Å². The highest BCUT2D eigenvalue weighted by Crippen LogP contribution is 2.18. The molecule has 0 saturated heterocycles. The van der Waals surface area contributed by atoms with Crippen LogP contribution >= 0.6 is 0 Å². The number of hydrogen-bond donors (Lipinski definition) is 0. The summed E-state index contributed by atoms with van der Waals surface area (Å²) < 4.78 is 2.16. The number of aromatic nitrogens is 3. The number of rotatable bonds is 5. The second kappa shape index (κ2) is 6.54. The molecule has 0 spiro atoms. The van der Waals surface area contributed by atoms with E-state index >= 15 is 0 Å². The van der Waals surface area contributed by atoms with Crippen LogP contribution in [0.3, 0.4) is 0 Å². The van der Waals surface area contributed by atoms with E-state index < -0.39 is 0 Å². The molecule has 4 nitrogen and oxygen atoms in total. The fourth-order valence-electron chi connectivity index (χ4n) is 2.51. The second-order valence-electron chi connectivity index (χ2n) is 5.67. The third-order valence-corrected chi connectivity index (χ3v) is 3.53. The van der Waals surface area contributed by atoms with Gasteiger partial charge in [-0.15, -0.1) is 0 Å². The Hall–Kier alpha value is -2.46. The monoisotopic (exact) mass is 292 g/mol. The van der Waals surface area contributed by atoms with Crippen molar-refractivity contribution >= 4 is 0 Å². The zero-order valence-electron chi connectivity index (χ0n) is 13.0. The van der Waals surface area contributed by atoms with E-state index in [0.29, 0.717) is 0 Å². The van der Waals surface area contributed by atoms with E-state index in [0.717, 1.165) is 24.5 Å². The van der Waals surface area contributed by atoms with Crippen LogP contribution in [0.1, 0.15) is 11.1 Å².